The van der Waals surface area contributed by atoms with Crippen LogP contribution in [0.25, 0.3) is 11.0 Å². The van der Waals surface area contributed by atoms with E-state index in [1.165, 1.54) is 11.8 Å². The third-order valence-corrected chi connectivity index (χ3v) is 7.33. The first-order valence-electron chi connectivity index (χ1n) is 11.6. The van der Waals surface area contributed by atoms with Crippen molar-refractivity contribution in [3.05, 3.63) is 57.2 Å². The third kappa shape index (κ3) is 3.59. The fourth-order valence-corrected chi connectivity index (χ4v) is 5.23. The number of carbonyl (C=O) groups excluding carboxylic acids is 1. The molecule has 0 spiro atoms. The Morgan fingerprint density at radius 3 is 2.58 bits per heavy atom. The minimum atomic E-state index is -0.638. The third-order valence-electron chi connectivity index (χ3n) is 7.33. The predicted octanol–water partition coefficient (Wildman–Crippen LogP) is 4.44. The zero-order valence-corrected chi connectivity index (χ0v) is 19.9. The van der Waals surface area contributed by atoms with Gasteiger partial charge in [0, 0.05) is 49.0 Å². The Kier molecular flexibility index (Phi) is 5.03. The second kappa shape index (κ2) is 7.68. The Balaban J connectivity index is 1.55. The Bertz CT molecular complexity index is 1320. The monoisotopic (exact) mass is 446 g/mol. The Morgan fingerprint density at radius 1 is 1.15 bits per heavy atom. The number of nitrogens with zero attached hydrogens (tertiary/aromatic N) is 4. The normalized spacial score (nSPS) is 19.7. The minimum absolute atomic E-state index is 0.00898. The van der Waals surface area contributed by atoms with Crippen molar-refractivity contribution in [2.75, 3.05) is 29.9 Å². The molecule has 1 atom stereocenters. The number of carbonyl (C=O) groups is 1. The van der Waals surface area contributed by atoms with Gasteiger partial charge in [0.25, 0.3) is 0 Å². The second-order valence-electron chi connectivity index (χ2n) is 10.1. The molecule has 0 N–H and O–H groups in total. The largest absolute Gasteiger partial charge is 0.422 e. The van der Waals surface area contributed by atoms with Crippen LogP contribution in [0.15, 0.2) is 33.6 Å². The SMILES string of the molecule is Cc1nc(N2CCCC2)ncc1C(=O)c1cc2cc3c(cc2oc1=O)N(C)C(C)(C)C[C@H]3C. The van der Waals surface area contributed by atoms with Gasteiger partial charge in [-0.3, -0.25) is 4.79 Å². The summed E-state index contributed by atoms with van der Waals surface area (Å²) in [5.74, 6) is 0.593. The van der Waals surface area contributed by atoms with E-state index in [0.717, 1.165) is 43.4 Å². The zero-order chi connectivity index (χ0) is 23.5. The van der Waals surface area contributed by atoms with Gasteiger partial charge in [-0.25, -0.2) is 14.8 Å². The summed E-state index contributed by atoms with van der Waals surface area (Å²) in [7, 11) is 2.07. The van der Waals surface area contributed by atoms with Crippen LogP contribution in [0.2, 0.25) is 0 Å². The van der Waals surface area contributed by atoms with E-state index in [0.29, 0.717) is 28.7 Å². The lowest BCUT2D eigenvalue weighted by Gasteiger charge is -2.45. The molecule has 0 bridgehead atoms. The molecule has 2 aliphatic rings. The topological polar surface area (TPSA) is 79.5 Å². The van der Waals surface area contributed by atoms with Crippen LogP contribution in [0.3, 0.4) is 0 Å². The number of fused-ring (bicyclic) bond motifs is 2. The highest BCUT2D eigenvalue weighted by molar-refractivity contribution is 6.10. The van der Waals surface area contributed by atoms with E-state index in [1.54, 1.807) is 13.0 Å². The van der Waals surface area contributed by atoms with E-state index < -0.39 is 11.4 Å². The molecule has 3 aromatic rings. The first kappa shape index (κ1) is 21.6. The second-order valence-corrected chi connectivity index (χ2v) is 10.1. The first-order valence-corrected chi connectivity index (χ1v) is 11.6. The maximum absolute atomic E-state index is 13.3. The number of aromatic nitrogens is 2. The molecule has 5 rings (SSSR count). The van der Waals surface area contributed by atoms with Crippen molar-refractivity contribution in [3.8, 4) is 0 Å². The van der Waals surface area contributed by atoms with Crippen LogP contribution in [0, 0.1) is 6.92 Å². The molecule has 0 aliphatic carbocycles. The number of hydrogen-bond donors (Lipinski definition) is 0. The summed E-state index contributed by atoms with van der Waals surface area (Å²) in [6.07, 6.45) is 4.80. The first-order chi connectivity index (χ1) is 15.7. The van der Waals surface area contributed by atoms with Gasteiger partial charge in [-0.2, -0.15) is 0 Å². The maximum atomic E-state index is 13.3. The van der Waals surface area contributed by atoms with Crippen molar-refractivity contribution in [2.45, 2.75) is 58.4 Å². The quantitative estimate of drug-likeness (QED) is 0.434. The van der Waals surface area contributed by atoms with Crippen LogP contribution >= 0.6 is 0 Å². The summed E-state index contributed by atoms with van der Waals surface area (Å²) in [5, 5.41) is 0.754. The molecule has 7 nitrogen and oxygen atoms in total. The Labute approximate surface area is 193 Å². The van der Waals surface area contributed by atoms with Gasteiger partial charge in [0.05, 0.1) is 11.3 Å². The van der Waals surface area contributed by atoms with Crippen LogP contribution in [-0.4, -0.2) is 41.4 Å². The van der Waals surface area contributed by atoms with E-state index in [1.807, 2.05) is 6.07 Å². The summed E-state index contributed by atoms with van der Waals surface area (Å²) in [6, 6.07) is 5.64. The maximum Gasteiger partial charge on any atom is 0.347 e. The number of aryl methyl sites for hydroxylation is 1. The molecule has 0 amide bonds. The number of hydrogen-bond acceptors (Lipinski definition) is 7. The molecule has 1 saturated heterocycles. The standard InChI is InChI=1S/C26H30N4O3/c1-15-13-26(3,4)29(5)21-12-22-17(10-18(15)21)11-19(24(32)33-22)23(31)20-14-27-25(28-16(20)2)30-8-6-7-9-30/h10-12,14-15H,6-9,13H2,1-5H3/t15-/m1/s1. The van der Waals surface area contributed by atoms with E-state index >= 15 is 0 Å². The summed E-state index contributed by atoms with van der Waals surface area (Å²) in [6.45, 7) is 10.3. The number of ketones is 1. The lowest BCUT2D eigenvalue weighted by atomic mass is 9.80. The fourth-order valence-electron chi connectivity index (χ4n) is 5.23. The average Bonchev–Trinajstić information content (AvgIpc) is 3.30. The highest BCUT2D eigenvalue weighted by atomic mass is 16.4. The number of benzene rings is 1. The smallest absolute Gasteiger partial charge is 0.347 e. The van der Waals surface area contributed by atoms with Crippen LogP contribution in [-0.2, 0) is 0 Å². The average molecular weight is 447 g/mol. The number of anilines is 2. The van der Waals surface area contributed by atoms with E-state index in [9.17, 15) is 9.59 Å². The van der Waals surface area contributed by atoms with Crippen LogP contribution < -0.4 is 15.4 Å². The van der Waals surface area contributed by atoms with Gasteiger partial charge in [0.1, 0.15) is 11.1 Å². The molecule has 2 aromatic heterocycles. The summed E-state index contributed by atoms with van der Waals surface area (Å²) < 4.78 is 5.65. The highest BCUT2D eigenvalue weighted by Crippen LogP contribution is 2.43. The molecule has 0 unspecified atom stereocenters. The van der Waals surface area contributed by atoms with Gasteiger partial charge in [0.15, 0.2) is 0 Å². The van der Waals surface area contributed by atoms with Crippen LogP contribution in [0.5, 0.6) is 0 Å². The van der Waals surface area contributed by atoms with E-state index in [4.69, 9.17) is 4.42 Å². The molecule has 33 heavy (non-hydrogen) atoms. The summed E-state index contributed by atoms with van der Waals surface area (Å²) >= 11 is 0. The minimum Gasteiger partial charge on any atom is -0.422 e. The lowest BCUT2D eigenvalue weighted by Crippen LogP contribution is -2.45. The van der Waals surface area contributed by atoms with E-state index in [-0.39, 0.29) is 11.1 Å². The molecule has 1 fully saturated rings. The molecule has 1 aromatic carbocycles. The van der Waals surface area contributed by atoms with Crippen LogP contribution in [0.4, 0.5) is 11.6 Å². The van der Waals surface area contributed by atoms with Gasteiger partial charge < -0.3 is 14.2 Å². The van der Waals surface area contributed by atoms with Crippen molar-refractivity contribution < 1.29 is 9.21 Å². The van der Waals surface area contributed by atoms with Gasteiger partial charge >= 0.3 is 5.63 Å². The molecule has 172 valence electrons. The zero-order valence-electron chi connectivity index (χ0n) is 19.9. The molecule has 4 heterocycles. The molecule has 7 heteroatoms. The van der Waals surface area contributed by atoms with Crippen molar-refractivity contribution in [2.24, 2.45) is 0 Å². The Morgan fingerprint density at radius 2 is 1.88 bits per heavy atom. The number of rotatable bonds is 3. The predicted molar refractivity (Wildman–Crippen MR) is 130 cm³/mol. The molecule has 2 aliphatic heterocycles. The van der Waals surface area contributed by atoms with Crippen molar-refractivity contribution in [1.29, 1.82) is 0 Å². The lowest BCUT2D eigenvalue weighted by molar-refractivity contribution is 0.103. The van der Waals surface area contributed by atoms with Crippen molar-refractivity contribution in [1.82, 2.24) is 9.97 Å². The van der Waals surface area contributed by atoms with Crippen LogP contribution in [0.1, 0.15) is 73.1 Å². The van der Waals surface area contributed by atoms with E-state index in [2.05, 4.69) is 53.7 Å². The molecular weight excluding hydrogens is 416 g/mol. The molecule has 0 radical (unpaired) electrons. The van der Waals surface area contributed by atoms with Gasteiger partial charge in [0.2, 0.25) is 11.7 Å². The summed E-state index contributed by atoms with van der Waals surface area (Å²) in [4.78, 5) is 39.4. The van der Waals surface area contributed by atoms with Gasteiger partial charge in [-0.05, 0) is 63.6 Å². The van der Waals surface area contributed by atoms with Gasteiger partial charge in [-0.1, -0.05) is 6.92 Å². The molecule has 0 saturated carbocycles. The Hall–Kier alpha value is -3.22. The van der Waals surface area contributed by atoms with Crippen molar-refractivity contribution in [3.63, 3.8) is 0 Å². The van der Waals surface area contributed by atoms with Crippen molar-refractivity contribution >= 4 is 28.4 Å². The highest BCUT2D eigenvalue weighted by Gasteiger charge is 2.34. The fraction of sp³-hybridized carbons (Fsp3) is 0.462. The van der Waals surface area contributed by atoms with Gasteiger partial charge in [-0.15, -0.1) is 0 Å². The molecular formula is C26H30N4O3. The summed E-state index contributed by atoms with van der Waals surface area (Å²) in [5.41, 5.74) is 3.04.